The molecule has 0 radical (unpaired) electrons. The van der Waals surface area contributed by atoms with Gasteiger partial charge in [0.05, 0.1) is 0 Å². The predicted molar refractivity (Wildman–Crippen MR) is 113 cm³/mol. The monoisotopic (exact) mass is 380 g/mol. The summed E-state index contributed by atoms with van der Waals surface area (Å²) < 4.78 is 14.8. The summed E-state index contributed by atoms with van der Waals surface area (Å²) in [6.45, 7) is 17.9. The first-order valence-electron chi connectivity index (χ1n) is 11.5. The maximum absolute atomic E-state index is 14.8. The lowest BCUT2D eigenvalue weighted by atomic mass is 9.62. The Bertz CT molecular complexity index is 494. The van der Waals surface area contributed by atoms with Crippen LogP contribution in [0.2, 0.25) is 0 Å². The third kappa shape index (κ3) is 4.71. The Balaban J connectivity index is 1.61. The third-order valence-corrected chi connectivity index (χ3v) is 7.96. The van der Waals surface area contributed by atoms with Crippen molar-refractivity contribution >= 4 is 0 Å². The van der Waals surface area contributed by atoms with Gasteiger partial charge in [0.2, 0.25) is 0 Å². The summed E-state index contributed by atoms with van der Waals surface area (Å²) in [4.78, 5) is 0. The van der Waals surface area contributed by atoms with E-state index in [0.717, 1.165) is 35.7 Å². The van der Waals surface area contributed by atoms with Crippen LogP contribution in [0.25, 0.3) is 0 Å². The van der Waals surface area contributed by atoms with Crippen LogP contribution in [0.3, 0.4) is 0 Å². The van der Waals surface area contributed by atoms with Crippen LogP contribution in [-0.4, -0.2) is 27.3 Å². The van der Waals surface area contributed by atoms with E-state index in [-0.39, 0.29) is 22.2 Å². The average molecular weight is 381 g/mol. The zero-order valence-electron chi connectivity index (χ0n) is 19.3. The van der Waals surface area contributed by atoms with Crippen molar-refractivity contribution in [3.8, 4) is 0 Å². The first kappa shape index (κ1) is 21.6. The Morgan fingerprint density at radius 3 is 1.30 bits per heavy atom. The minimum atomic E-state index is -0.327. The van der Waals surface area contributed by atoms with Crippen LogP contribution in [-0.2, 0) is 0 Å². The van der Waals surface area contributed by atoms with Crippen LogP contribution < -0.4 is 5.32 Å². The van der Waals surface area contributed by atoms with Gasteiger partial charge in [-0.05, 0) is 130 Å². The van der Waals surface area contributed by atoms with Crippen molar-refractivity contribution in [2.75, 3.05) is 0 Å². The summed E-state index contributed by atoms with van der Waals surface area (Å²) in [5, 5.41) is 4.98. The van der Waals surface area contributed by atoms with E-state index in [1.807, 2.05) is 0 Å². The molecule has 1 saturated carbocycles. The van der Waals surface area contributed by atoms with Gasteiger partial charge in [-0.25, -0.2) is 0 Å². The molecule has 2 saturated heterocycles. The van der Waals surface area contributed by atoms with E-state index in [2.05, 4.69) is 60.7 Å². The van der Waals surface area contributed by atoms with Crippen LogP contribution in [0.1, 0.15) is 107 Å². The van der Waals surface area contributed by atoms with E-state index >= 15 is 0 Å². The lowest BCUT2D eigenvalue weighted by Gasteiger charge is -2.53. The van der Waals surface area contributed by atoms with Gasteiger partial charge in [-0.15, -0.1) is 9.60 Å². The molecule has 27 heavy (non-hydrogen) atoms. The second-order valence-electron chi connectivity index (χ2n) is 12.8. The van der Waals surface area contributed by atoms with Crippen molar-refractivity contribution in [2.45, 2.75) is 129 Å². The number of hydrogen-bond donors (Lipinski definition) is 1. The molecule has 3 heteroatoms. The lowest BCUT2D eigenvalue weighted by molar-refractivity contribution is -0.188. The van der Waals surface area contributed by atoms with E-state index in [9.17, 15) is 4.48 Å². The normalized spacial score (nSPS) is 37.2. The molecular weight excluding hydrogens is 335 g/mol. The van der Waals surface area contributed by atoms with Crippen molar-refractivity contribution in [3.63, 3.8) is 0 Å². The molecule has 0 aromatic carbocycles. The SMILES string of the molecule is CC1(C)CC(C2CCC(C3CC(C)(C)N(F)C(C)(C)C3)CC2)CC(C)(C)N1. The molecular formula is C24H45FN2. The Morgan fingerprint density at radius 2 is 0.926 bits per heavy atom. The standard InChI is InChI=1S/C24H45FN2/c1-21(2)13-19(14-22(3,4)26-21)17-9-11-18(12-10-17)20-15-23(5,6)27(25)24(7,8)16-20/h17-20,26H,9-16H2,1-8H3. The van der Waals surface area contributed by atoms with Gasteiger partial charge < -0.3 is 5.32 Å². The highest BCUT2D eigenvalue weighted by molar-refractivity contribution is 5.01. The van der Waals surface area contributed by atoms with Gasteiger partial charge in [-0.1, -0.05) is 0 Å². The zero-order chi connectivity index (χ0) is 20.3. The molecule has 0 aromatic rings. The van der Waals surface area contributed by atoms with Crippen LogP contribution >= 0.6 is 0 Å². The van der Waals surface area contributed by atoms with Crippen molar-refractivity contribution in [3.05, 3.63) is 0 Å². The number of nitrogens with zero attached hydrogens (tertiary/aromatic N) is 1. The first-order chi connectivity index (χ1) is 12.2. The van der Waals surface area contributed by atoms with Gasteiger partial charge in [0, 0.05) is 22.2 Å². The van der Waals surface area contributed by atoms with Crippen LogP contribution in [0.15, 0.2) is 0 Å². The Labute approximate surface area is 168 Å². The summed E-state index contributed by atoms with van der Waals surface area (Å²) in [5.74, 6) is 3.24. The highest BCUT2D eigenvalue weighted by atomic mass is 19.2. The molecule has 3 aliphatic rings. The maximum Gasteiger partial charge on any atom is 0.0465 e. The number of piperidine rings is 2. The lowest BCUT2D eigenvalue weighted by Crippen LogP contribution is -2.59. The fourth-order valence-electron chi connectivity index (χ4n) is 7.49. The van der Waals surface area contributed by atoms with E-state index in [0.29, 0.717) is 5.92 Å². The molecule has 1 aliphatic carbocycles. The summed E-state index contributed by atoms with van der Waals surface area (Å²) in [6.07, 6.45) is 10.1. The second-order valence-corrected chi connectivity index (χ2v) is 12.8. The topological polar surface area (TPSA) is 15.3 Å². The largest absolute Gasteiger partial charge is 0.307 e. The van der Waals surface area contributed by atoms with Crippen molar-refractivity contribution < 1.29 is 4.48 Å². The van der Waals surface area contributed by atoms with Gasteiger partial charge >= 0.3 is 0 Å². The molecule has 0 spiro atoms. The fourth-order valence-corrected chi connectivity index (χ4v) is 7.49. The van der Waals surface area contributed by atoms with Gasteiger partial charge in [0.15, 0.2) is 0 Å². The molecule has 2 heterocycles. The van der Waals surface area contributed by atoms with Gasteiger partial charge in [-0.2, -0.15) is 0 Å². The zero-order valence-corrected chi connectivity index (χ0v) is 19.3. The number of nitrogens with one attached hydrogen (secondary N) is 1. The molecule has 158 valence electrons. The van der Waals surface area contributed by atoms with Crippen molar-refractivity contribution in [1.82, 2.24) is 10.4 Å². The first-order valence-corrected chi connectivity index (χ1v) is 11.5. The molecule has 0 bridgehead atoms. The average Bonchev–Trinajstić information content (AvgIpc) is 2.49. The summed E-state index contributed by atoms with van der Waals surface area (Å²) in [5.41, 5.74) is -0.144. The van der Waals surface area contributed by atoms with Crippen LogP contribution in [0.4, 0.5) is 4.48 Å². The van der Waals surface area contributed by atoms with E-state index in [4.69, 9.17) is 0 Å². The predicted octanol–water partition coefficient (Wildman–Crippen LogP) is 6.50. The number of halogens is 1. The number of rotatable bonds is 2. The highest BCUT2D eigenvalue weighted by Gasteiger charge is 2.49. The summed E-state index contributed by atoms with van der Waals surface area (Å²) in [7, 11) is 0. The number of hydrogen-bond acceptors (Lipinski definition) is 2. The maximum atomic E-state index is 14.8. The fraction of sp³-hybridized carbons (Fsp3) is 1.00. The van der Waals surface area contributed by atoms with E-state index in [1.54, 1.807) is 0 Å². The van der Waals surface area contributed by atoms with E-state index in [1.165, 1.54) is 38.5 Å². The van der Waals surface area contributed by atoms with E-state index < -0.39 is 0 Å². The molecule has 0 atom stereocenters. The second kappa shape index (κ2) is 6.97. The third-order valence-electron chi connectivity index (χ3n) is 7.96. The Morgan fingerprint density at radius 1 is 0.593 bits per heavy atom. The smallest absolute Gasteiger partial charge is 0.0465 e. The van der Waals surface area contributed by atoms with Crippen LogP contribution in [0.5, 0.6) is 0 Å². The molecule has 2 nitrogen and oxygen atoms in total. The molecule has 0 unspecified atom stereocenters. The highest BCUT2D eigenvalue weighted by Crippen LogP contribution is 2.50. The van der Waals surface area contributed by atoms with Crippen molar-refractivity contribution in [1.29, 1.82) is 0 Å². The van der Waals surface area contributed by atoms with Crippen molar-refractivity contribution in [2.24, 2.45) is 23.7 Å². The Kier molecular flexibility index (Phi) is 5.57. The van der Waals surface area contributed by atoms with Gasteiger partial charge in [-0.3, -0.25) is 0 Å². The molecule has 3 rings (SSSR count). The quantitative estimate of drug-likeness (QED) is 0.550. The van der Waals surface area contributed by atoms with Gasteiger partial charge in [0.25, 0.3) is 0 Å². The molecule has 0 amide bonds. The molecule has 0 aromatic heterocycles. The molecule has 2 aliphatic heterocycles. The van der Waals surface area contributed by atoms with Gasteiger partial charge in [0.1, 0.15) is 0 Å². The summed E-state index contributed by atoms with van der Waals surface area (Å²) >= 11 is 0. The minimum Gasteiger partial charge on any atom is -0.307 e. The minimum absolute atomic E-state index is 0.255. The Hall–Kier alpha value is -0.150. The molecule has 3 fully saturated rings. The molecule has 1 N–H and O–H groups in total. The summed E-state index contributed by atoms with van der Waals surface area (Å²) in [6, 6.07) is 0. The van der Waals surface area contributed by atoms with Crippen LogP contribution in [0, 0.1) is 23.7 Å².